The number of carbonyl (C=O) groups excluding carboxylic acids is 1. The Morgan fingerprint density at radius 1 is 1.25 bits per heavy atom. The average Bonchev–Trinajstić information content (AvgIpc) is 2.97. The van der Waals surface area contributed by atoms with Gasteiger partial charge in [-0.15, -0.1) is 0 Å². The zero-order valence-corrected chi connectivity index (χ0v) is 12.0. The lowest BCUT2D eigenvalue weighted by Crippen LogP contribution is -2.50. The standard InChI is InChI=1S/C11H16N4O4S/c1-20(17,18)14-4-2-13(3-5-14)11(16)9-8-10-15(12-9)6-7-19-10/h8H,2-7H2,1H3. The van der Waals surface area contributed by atoms with Gasteiger partial charge in [-0.1, -0.05) is 0 Å². The summed E-state index contributed by atoms with van der Waals surface area (Å²) in [6.07, 6.45) is 1.18. The highest BCUT2D eigenvalue weighted by Gasteiger charge is 2.28. The molecule has 2 aliphatic rings. The molecule has 1 amide bonds. The number of nitrogens with zero attached hydrogens (tertiary/aromatic N) is 4. The van der Waals surface area contributed by atoms with Gasteiger partial charge in [-0.05, 0) is 0 Å². The lowest BCUT2D eigenvalue weighted by molar-refractivity contribution is 0.0691. The molecule has 0 aromatic carbocycles. The van der Waals surface area contributed by atoms with Gasteiger partial charge in [0.25, 0.3) is 5.91 Å². The summed E-state index contributed by atoms with van der Waals surface area (Å²) >= 11 is 0. The fraction of sp³-hybridized carbons (Fsp3) is 0.636. The molecular weight excluding hydrogens is 284 g/mol. The van der Waals surface area contributed by atoms with Crippen molar-refractivity contribution < 1.29 is 17.9 Å². The van der Waals surface area contributed by atoms with Crippen LogP contribution in [0.25, 0.3) is 0 Å². The third kappa shape index (κ3) is 2.38. The second kappa shape index (κ2) is 4.74. The molecule has 110 valence electrons. The van der Waals surface area contributed by atoms with E-state index < -0.39 is 10.0 Å². The molecule has 1 fully saturated rings. The number of amides is 1. The Labute approximate surface area is 117 Å². The van der Waals surface area contributed by atoms with Gasteiger partial charge in [0, 0.05) is 32.2 Å². The number of sulfonamides is 1. The van der Waals surface area contributed by atoms with E-state index in [2.05, 4.69) is 5.10 Å². The van der Waals surface area contributed by atoms with Crippen LogP contribution >= 0.6 is 0 Å². The quantitative estimate of drug-likeness (QED) is 0.699. The largest absolute Gasteiger partial charge is 0.476 e. The van der Waals surface area contributed by atoms with Crippen molar-refractivity contribution in [3.63, 3.8) is 0 Å². The topological polar surface area (TPSA) is 84.7 Å². The SMILES string of the molecule is CS(=O)(=O)N1CCN(C(=O)c2cc3n(n2)CCO3)CC1. The van der Waals surface area contributed by atoms with Crippen LogP contribution in [0.3, 0.4) is 0 Å². The molecule has 0 atom stereocenters. The monoisotopic (exact) mass is 300 g/mol. The molecular formula is C11H16N4O4S. The molecule has 1 aromatic rings. The second-order valence-corrected chi connectivity index (χ2v) is 6.88. The number of carbonyl (C=O) groups is 1. The maximum atomic E-state index is 12.3. The van der Waals surface area contributed by atoms with E-state index in [9.17, 15) is 13.2 Å². The van der Waals surface area contributed by atoms with Gasteiger partial charge >= 0.3 is 0 Å². The van der Waals surface area contributed by atoms with Crippen LogP contribution in [0.1, 0.15) is 10.5 Å². The number of aromatic nitrogens is 2. The number of piperazine rings is 1. The van der Waals surface area contributed by atoms with E-state index in [1.807, 2.05) is 0 Å². The lowest BCUT2D eigenvalue weighted by atomic mass is 10.3. The van der Waals surface area contributed by atoms with Gasteiger partial charge in [0.1, 0.15) is 6.61 Å². The van der Waals surface area contributed by atoms with Crippen molar-refractivity contribution in [3.8, 4) is 5.88 Å². The molecule has 2 aliphatic heterocycles. The first-order valence-corrected chi connectivity index (χ1v) is 8.25. The molecule has 8 nitrogen and oxygen atoms in total. The predicted molar refractivity (Wildman–Crippen MR) is 70.0 cm³/mol. The van der Waals surface area contributed by atoms with Crippen molar-refractivity contribution >= 4 is 15.9 Å². The second-order valence-electron chi connectivity index (χ2n) is 4.89. The predicted octanol–water partition coefficient (Wildman–Crippen LogP) is -1.01. The van der Waals surface area contributed by atoms with E-state index in [1.165, 1.54) is 10.6 Å². The van der Waals surface area contributed by atoms with Crippen molar-refractivity contribution in [2.45, 2.75) is 6.54 Å². The van der Waals surface area contributed by atoms with Crippen molar-refractivity contribution in [3.05, 3.63) is 11.8 Å². The molecule has 0 aliphatic carbocycles. The van der Waals surface area contributed by atoms with E-state index in [0.29, 0.717) is 50.9 Å². The third-order valence-electron chi connectivity index (χ3n) is 3.51. The van der Waals surface area contributed by atoms with Crippen molar-refractivity contribution in [1.82, 2.24) is 19.0 Å². The molecule has 0 radical (unpaired) electrons. The Bertz CT molecular complexity index is 609. The fourth-order valence-corrected chi connectivity index (χ4v) is 3.23. The Hall–Kier alpha value is -1.61. The van der Waals surface area contributed by atoms with Crippen LogP contribution in [-0.4, -0.2) is 72.4 Å². The fourth-order valence-electron chi connectivity index (χ4n) is 2.40. The number of fused-ring (bicyclic) bond motifs is 1. The van der Waals surface area contributed by atoms with Crippen LogP contribution in [0.2, 0.25) is 0 Å². The Balaban J connectivity index is 1.67. The van der Waals surface area contributed by atoms with Crippen LogP contribution in [0, 0.1) is 0 Å². The maximum absolute atomic E-state index is 12.3. The highest BCUT2D eigenvalue weighted by molar-refractivity contribution is 7.88. The third-order valence-corrected chi connectivity index (χ3v) is 4.81. The summed E-state index contributed by atoms with van der Waals surface area (Å²) in [6, 6.07) is 1.64. The molecule has 1 saturated heterocycles. The van der Waals surface area contributed by atoms with Gasteiger partial charge in [0.15, 0.2) is 5.69 Å². The maximum Gasteiger partial charge on any atom is 0.274 e. The first-order valence-electron chi connectivity index (χ1n) is 6.40. The van der Waals surface area contributed by atoms with Gasteiger partial charge in [-0.2, -0.15) is 9.40 Å². The number of ether oxygens (including phenoxy) is 1. The average molecular weight is 300 g/mol. The first-order chi connectivity index (χ1) is 9.45. The van der Waals surface area contributed by atoms with E-state index in [1.54, 1.807) is 15.6 Å². The minimum atomic E-state index is -3.18. The molecule has 1 aromatic heterocycles. The molecule has 0 N–H and O–H groups in total. The smallest absolute Gasteiger partial charge is 0.274 e. The minimum absolute atomic E-state index is 0.177. The normalized spacial score (nSPS) is 19.8. The van der Waals surface area contributed by atoms with Crippen LogP contribution in [0.5, 0.6) is 5.88 Å². The zero-order chi connectivity index (χ0) is 14.3. The summed E-state index contributed by atoms with van der Waals surface area (Å²) in [5.74, 6) is 0.437. The van der Waals surface area contributed by atoms with Crippen molar-refractivity contribution in [2.24, 2.45) is 0 Å². The van der Waals surface area contributed by atoms with Crippen LogP contribution in [0.4, 0.5) is 0 Å². The molecule has 0 spiro atoms. The van der Waals surface area contributed by atoms with E-state index >= 15 is 0 Å². The van der Waals surface area contributed by atoms with Gasteiger partial charge < -0.3 is 9.64 Å². The summed E-state index contributed by atoms with van der Waals surface area (Å²) in [5.41, 5.74) is 0.354. The Morgan fingerprint density at radius 3 is 2.55 bits per heavy atom. The summed E-state index contributed by atoms with van der Waals surface area (Å²) in [4.78, 5) is 13.9. The summed E-state index contributed by atoms with van der Waals surface area (Å²) < 4.78 is 31.2. The minimum Gasteiger partial charge on any atom is -0.476 e. The molecule has 0 unspecified atom stereocenters. The molecule has 20 heavy (non-hydrogen) atoms. The molecule has 0 saturated carbocycles. The van der Waals surface area contributed by atoms with Gasteiger partial charge in [0.05, 0.1) is 12.8 Å². The first kappa shape index (κ1) is 13.4. The summed E-state index contributed by atoms with van der Waals surface area (Å²) in [7, 11) is -3.18. The summed E-state index contributed by atoms with van der Waals surface area (Å²) in [6.45, 7) is 2.67. The molecule has 3 rings (SSSR count). The van der Waals surface area contributed by atoms with E-state index in [0.717, 1.165) is 0 Å². The van der Waals surface area contributed by atoms with E-state index in [-0.39, 0.29) is 5.91 Å². The number of hydrogen-bond donors (Lipinski definition) is 0. The number of rotatable bonds is 2. The van der Waals surface area contributed by atoms with Gasteiger partial charge in [-0.25, -0.2) is 13.1 Å². The van der Waals surface area contributed by atoms with E-state index in [4.69, 9.17) is 4.74 Å². The molecule has 0 bridgehead atoms. The van der Waals surface area contributed by atoms with Crippen LogP contribution < -0.4 is 4.74 Å². The molecule has 3 heterocycles. The van der Waals surface area contributed by atoms with Gasteiger partial charge in [-0.3, -0.25) is 4.79 Å². The Morgan fingerprint density at radius 2 is 1.95 bits per heavy atom. The summed E-state index contributed by atoms with van der Waals surface area (Å²) in [5, 5.41) is 4.20. The Kier molecular flexibility index (Phi) is 3.17. The van der Waals surface area contributed by atoms with Gasteiger partial charge in [0.2, 0.25) is 15.9 Å². The van der Waals surface area contributed by atoms with Crippen LogP contribution in [-0.2, 0) is 16.6 Å². The zero-order valence-electron chi connectivity index (χ0n) is 11.2. The van der Waals surface area contributed by atoms with Crippen LogP contribution in [0.15, 0.2) is 6.07 Å². The highest BCUT2D eigenvalue weighted by Crippen LogP contribution is 2.20. The number of hydrogen-bond acceptors (Lipinski definition) is 5. The van der Waals surface area contributed by atoms with Crippen molar-refractivity contribution in [1.29, 1.82) is 0 Å². The van der Waals surface area contributed by atoms with Crippen molar-refractivity contribution in [2.75, 3.05) is 39.0 Å². The molecule has 9 heteroatoms. The lowest BCUT2D eigenvalue weighted by Gasteiger charge is -2.32. The highest BCUT2D eigenvalue weighted by atomic mass is 32.2.